The van der Waals surface area contributed by atoms with Gasteiger partial charge in [-0.25, -0.2) is 4.39 Å². The van der Waals surface area contributed by atoms with Crippen molar-refractivity contribution in [2.24, 2.45) is 0 Å². The third-order valence-electron chi connectivity index (χ3n) is 5.37. The Bertz CT molecular complexity index is 1580. The third kappa shape index (κ3) is 4.94. The van der Waals surface area contributed by atoms with E-state index in [2.05, 4.69) is 10.3 Å². The first kappa shape index (κ1) is 23.4. The normalized spacial score (nSPS) is 11.2. The van der Waals surface area contributed by atoms with E-state index in [0.717, 1.165) is 22.8 Å². The van der Waals surface area contributed by atoms with Crippen LogP contribution in [0.25, 0.3) is 11.7 Å². The first-order chi connectivity index (χ1) is 16.8. The highest BCUT2D eigenvalue weighted by molar-refractivity contribution is 6.10. The van der Waals surface area contributed by atoms with Crippen LogP contribution >= 0.6 is 0 Å². The SMILES string of the molecule is Cc1ccc(C)c(NC(=O)/C(C#N)=C\c2c(Oc3ccc(F)cc3)nc3c(C)cccn3c2=O)c1. The molecule has 0 saturated carbocycles. The number of nitriles is 1. The number of nitrogens with one attached hydrogen (secondary N) is 1. The highest BCUT2D eigenvalue weighted by Gasteiger charge is 2.18. The largest absolute Gasteiger partial charge is 0.438 e. The van der Waals surface area contributed by atoms with Crippen LogP contribution in [0.15, 0.2) is 71.2 Å². The topological polar surface area (TPSA) is 96.5 Å². The molecule has 0 aliphatic carbocycles. The van der Waals surface area contributed by atoms with Crippen LogP contribution in [0.2, 0.25) is 0 Å². The van der Waals surface area contributed by atoms with E-state index in [-0.39, 0.29) is 22.8 Å². The lowest BCUT2D eigenvalue weighted by atomic mass is 10.1. The van der Waals surface area contributed by atoms with E-state index < -0.39 is 17.3 Å². The summed E-state index contributed by atoms with van der Waals surface area (Å²) in [5.74, 6) is -0.996. The number of rotatable bonds is 5. The van der Waals surface area contributed by atoms with Crippen LogP contribution in [0, 0.1) is 37.9 Å². The summed E-state index contributed by atoms with van der Waals surface area (Å²) in [5, 5.41) is 12.5. The van der Waals surface area contributed by atoms with Crippen LogP contribution in [0.4, 0.5) is 10.1 Å². The number of benzene rings is 2. The molecule has 0 bridgehead atoms. The molecule has 8 heteroatoms. The molecule has 1 N–H and O–H groups in total. The predicted octanol–water partition coefficient (Wildman–Crippen LogP) is 5.10. The molecular formula is C27H21FN4O3. The maximum atomic E-state index is 13.4. The molecule has 7 nitrogen and oxygen atoms in total. The monoisotopic (exact) mass is 468 g/mol. The summed E-state index contributed by atoms with van der Waals surface area (Å²) in [4.78, 5) is 30.8. The molecule has 0 spiro atoms. The van der Waals surface area contributed by atoms with Crippen LogP contribution in [-0.2, 0) is 4.79 Å². The van der Waals surface area contributed by atoms with Crippen molar-refractivity contribution in [3.63, 3.8) is 0 Å². The molecule has 2 aromatic heterocycles. The van der Waals surface area contributed by atoms with E-state index >= 15 is 0 Å². The first-order valence-corrected chi connectivity index (χ1v) is 10.7. The van der Waals surface area contributed by atoms with Crippen LogP contribution in [0.3, 0.4) is 0 Å². The van der Waals surface area contributed by atoms with Gasteiger partial charge in [0.1, 0.15) is 34.4 Å². The number of hydrogen-bond acceptors (Lipinski definition) is 5. The first-order valence-electron chi connectivity index (χ1n) is 10.7. The molecule has 35 heavy (non-hydrogen) atoms. The fraction of sp³-hybridized carbons (Fsp3) is 0.111. The zero-order chi connectivity index (χ0) is 25.1. The maximum absolute atomic E-state index is 13.4. The summed E-state index contributed by atoms with van der Waals surface area (Å²) >= 11 is 0. The lowest BCUT2D eigenvalue weighted by molar-refractivity contribution is -0.112. The van der Waals surface area contributed by atoms with Gasteiger partial charge in [0, 0.05) is 11.9 Å². The van der Waals surface area contributed by atoms with E-state index in [1.165, 1.54) is 28.7 Å². The molecule has 2 heterocycles. The number of hydrogen-bond donors (Lipinski definition) is 1. The van der Waals surface area contributed by atoms with Crippen molar-refractivity contribution < 1.29 is 13.9 Å². The fourth-order valence-corrected chi connectivity index (χ4v) is 3.46. The minimum absolute atomic E-state index is 0.0925. The zero-order valence-corrected chi connectivity index (χ0v) is 19.3. The van der Waals surface area contributed by atoms with Gasteiger partial charge in [-0.3, -0.25) is 14.0 Å². The van der Waals surface area contributed by atoms with Crippen LogP contribution < -0.4 is 15.6 Å². The van der Waals surface area contributed by atoms with Crippen molar-refractivity contribution in [1.29, 1.82) is 5.26 Å². The number of pyridine rings is 1. The fourth-order valence-electron chi connectivity index (χ4n) is 3.46. The highest BCUT2D eigenvalue weighted by atomic mass is 19.1. The summed E-state index contributed by atoms with van der Waals surface area (Å²) in [7, 11) is 0. The zero-order valence-electron chi connectivity index (χ0n) is 19.3. The van der Waals surface area contributed by atoms with Gasteiger partial charge in [0.05, 0.1) is 0 Å². The smallest absolute Gasteiger partial charge is 0.269 e. The number of aryl methyl sites for hydroxylation is 3. The quantitative estimate of drug-likeness (QED) is 0.325. The number of nitrogens with zero attached hydrogens (tertiary/aromatic N) is 3. The summed E-state index contributed by atoms with van der Waals surface area (Å²) < 4.78 is 20.5. The Hall–Kier alpha value is -4.77. The molecule has 0 saturated heterocycles. The number of ether oxygens (including phenoxy) is 1. The van der Waals surface area contributed by atoms with Crippen molar-refractivity contribution in [3.05, 3.63) is 105 Å². The Labute approximate surface area is 200 Å². The molecular weight excluding hydrogens is 447 g/mol. The number of fused-ring (bicyclic) bond motifs is 1. The van der Waals surface area contributed by atoms with Crippen molar-refractivity contribution in [2.75, 3.05) is 5.32 Å². The number of halogens is 1. The van der Waals surface area contributed by atoms with Gasteiger partial charge < -0.3 is 10.1 Å². The molecule has 0 unspecified atom stereocenters. The second kappa shape index (κ2) is 9.61. The molecule has 0 atom stereocenters. The van der Waals surface area contributed by atoms with E-state index in [1.54, 1.807) is 31.3 Å². The standard InChI is InChI=1S/C27H21FN4O3/c1-16-6-7-17(2)23(13-16)30-25(33)19(15-29)14-22-26(35-21-10-8-20(28)9-11-21)31-24-18(3)5-4-12-32(24)27(22)34/h4-14H,1-3H3,(H,30,33)/b19-14-. The predicted molar refractivity (Wildman–Crippen MR) is 131 cm³/mol. The number of carbonyl (C=O) groups is 1. The van der Waals surface area contributed by atoms with E-state index in [9.17, 15) is 19.2 Å². The number of amides is 1. The lowest BCUT2D eigenvalue weighted by Gasteiger charge is -2.12. The molecule has 174 valence electrons. The van der Waals surface area contributed by atoms with Crippen molar-refractivity contribution >= 4 is 23.3 Å². The van der Waals surface area contributed by atoms with Gasteiger partial charge in [0.2, 0.25) is 5.88 Å². The third-order valence-corrected chi connectivity index (χ3v) is 5.37. The second-order valence-electron chi connectivity index (χ2n) is 8.02. The summed E-state index contributed by atoms with van der Waals surface area (Å²) in [5.41, 5.74) is 2.47. The van der Waals surface area contributed by atoms with Gasteiger partial charge in [0.15, 0.2) is 0 Å². The van der Waals surface area contributed by atoms with Crippen LogP contribution in [0.5, 0.6) is 11.6 Å². The van der Waals surface area contributed by atoms with Gasteiger partial charge in [-0.05, 0) is 79.9 Å². The van der Waals surface area contributed by atoms with E-state index in [0.29, 0.717) is 11.3 Å². The minimum atomic E-state index is -0.678. The molecule has 0 aliphatic rings. The molecule has 2 aromatic carbocycles. The van der Waals surface area contributed by atoms with Gasteiger partial charge in [-0.15, -0.1) is 0 Å². The Morgan fingerprint density at radius 1 is 1.11 bits per heavy atom. The van der Waals surface area contributed by atoms with E-state index in [4.69, 9.17) is 4.74 Å². The minimum Gasteiger partial charge on any atom is -0.438 e. The van der Waals surface area contributed by atoms with Gasteiger partial charge in [-0.1, -0.05) is 18.2 Å². The number of aromatic nitrogens is 2. The van der Waals surface area contributed by atoms with Crippen molar-refractivity contribution in [2.45, 2.75) is 20.8 Å². The van der Waals surface area contributed by atoms with Crippen LogP contribution in [0.1, 0.15) is 22.3 Å². The summed E-state index contributed by atoms with van der Waals surface area (Å²) in [6, 6.07) is 16.1. The summed E-state index contributed by atoms with van der Waals surface area (Å²) in [6.07, 6.45) is 2.70. The summed E-state index contributed by atoms with van der Waals surface area (Å²) in [6.45, 7) is 5.51. The molecule has 4 aromatic rings. The van der Waals surface area contributed by atoms with Gasteiger partial charge in [-0.2, -0.15) is 10.2 Å². The van der Waals surface area contributed by atoms with Gasteiger partial charge in [0.25, 0.3) is 11.5 Å². The molecule has 0 aliphatic heterocycles. The Morgan fingerprint density at radius 2 is 1.86 bits per heavy atom. The maximum Gasteiger partial charge on any atom is 0.269 e. The number of anilines is 1. The second-order valence-corrected chi connectivity index (χ2v) is 8.02. The molecule has 0 fully saturated rings. The highest BCUT2D eigenvalue weighted by Crippen LogP contribution is 2.25. The Morgan fingerprint density at radius 3 is 2.57 bits per heavy atom. The lowest BCUT2D eigenvalue weighted by Crippen LogP contribution is -2.21. The Balaban J connectivity index is 1.83. The molecule has 1 amide bonds. The van der Waals surface area contributed by atoms with Crippen LogP contribution in [-0.4, -0.2) is 15.3 Å². The average Bonchev–Trinajstić information content (AvgIpc) is 2.83. The van der Waals surface area contributed by atoms with Crippen molar-refractivity contribution in [1.82, 2.24) is 9.38 Å². The number of carbonyl (C=O) groups excluding carboxylic acids is 1. The molecule has 4 rings (SSSR count). The van der Waals surface area contributed by atoms with Crippen molar-refractivity contribution in [3.8, 4) is 17.7 Å². The van der Waals surface area contributed by atoms with E-state index in [1.807, 2.05) is 32.0 Å². The Kier molecular flexibility index (Phi) is 6.42. The molecule has 0 radical (unpaired) electrons. The van der Waals surface area contributed by atoms with Gasteiger partial charge >= 0.3 is 0 Å². The average molecular weight is 468 g/mol.